The highest BCUT2D eigenvalue weighted by atomic mass is 79.9. The summed E-state index contributed by atoms with van der Waals surface area (Å²) in [5.41, 5.74) is 1.03. The molecule has 5 heteroatoms. The van der Waals surface area contributed by atoms with Crippen molar-refractivity contribution in [1.29, 1.82) is 0 Å². The number of halogens is 2. The van der Waals surface area contributed by atoms with Crippen LogP contribution in [0, 0.1) is 5.82 Å². The van der Waals surface area contributed by atoms with Crippen molar-refractivity contribution in [2.45, 2.75) is 6.42 Å². The Hall–Kier alpha value is -2.01. The molecule has 1 aliphatic rings. The number of fused-ring (bicyclic) bond motifs is 1. The van der Waals surface area contributed by atoms with E-state index in [1.54, 1.807) is 30.3 Å². The van der Waals surface area contributed by atoms with Crippen molar-refractivity contribution in [3.05, 3.63) is 63.9 Å². The Morgan fingerprint density at radius 3 is 2.67 bits per heavy atom. The van der Waals surface area contributed by atoms with Crippen LogP contribution >= 0.6 is 15.9 Å². The predicted octanol–water partition coefficient (Wildman–Crippen LogP) is 3.82. The van der Waals surface area contributed by atoms with Crippen LogP contribution in [-0.2, 0) is 0 Å². The number of carbonyl (C=O) groups excluding carboxylic acids is 2. The largest absolute Gasteiger partial charge is 0.307 e. The second-order valence-electron chi connectivity index (χ2n) is 4.74. The van der Waals surface area contributed by atoms with Gasteiger partial charge in [0, 0.05) is 23.0 Å². The van der Waals surface area contributed by atoms with Crippen molar-refractivity contribution in [3.63, 3.8) is 0 Å². The molecular formula is C16H11BrFNO2. The molecular weight excluding hydrogens is 337 g/mol. The minimum absolute atomic E-state index is 0.00208. The summed E-state index contributed by atoms with van der Waals surface area (Å²) < 4.78 is 14.4. The summed E-state index contributed by atoms with van der Waals surface area (Å²) in [6.45, 7) is 0.259. The highest BCUT2D eigenvalue weighted by Gasteiger charge is 2.29. The first-order valence-electron chi connectivity index (χ1n) is 6.47. The number of anilines is 1. The first kappa shape index (κ1) is 13.9. The van der Waals surface area contributed by atoms with E-state index in [1.165, 1.54) is 17.0 Å². The highest BCUT2D eigenvalue weighted by Crippen LogP contribution is 2.30. The molecule has 0 atom stereocenters. The maximum atomic E-state index is 14.0. The summed E-state index contributed by atoms with van der Waals surface area (Å²) in [5, 5.41) is 0. The Kier molecular flexibility index (Phi) is 3.59. The molecule has 0 unspecified atom stereocenters. The lowest BCUT2D eigenvalue weighted by Crippen LogP contribution is -2.38. The minimum atomic E-state index is -0.580. The molecule has 21 heavy (non-hydrogen) atoms. The quantitative estimate of drug-likeness (QED) is 0.786. The fourth-order valence-corrected chi connectivity index (χ4v) is 2.97. The summed E-state index contributed by atoms with van der Waals surface area (Å²) >= 11 is 3.21. The van der Waals surface area contributed by atoms with Gasteiger partial charge in [-0.3, -0.25) is 9.59 Å². The number of benzene rings is 2. The molecule has 0 aliphatic carbocycles. The number of hydrogen-bond donors (Lipinski definition) is 0. The van der Waals surface area contributed by atoms with E-state index in [-0.39, 0.29) is 24.3 Å². The highest BCUT2D eigenvalue weighted by molar-refractivity contribution is 9.10. The van der Waals surface area contributed by atoms with Gasteiger partial charge < -0.3 is 4.90 Å². The van der Waals surface area contributed by atoms with Crippen molar-refractivity contribution in [2.75, 3.05) is 11.4 Å². The molecule has 0 saturated carbocycles. The SMILES string of the molecule is O=C1CCN(C(=O)c2c(F)cccc2Br)c2ccccc21. The normalized spacial score (nSPS) is 14.0. The molecule has 2 aromatic carbocycles. The van der Waals surface area contributed by atoms with Gasteiger partial charge >= 0.3 is 0 Å². The first-order valence-corrected chi connectivity index (χ1v) is 7.27. The van der Waals surface area contributed by atoms with Crippen LogP contribution in [0.25, 0.3) is 0 Å². The average molecular weight is 348 g/mol. The number of amides is 1. The maximum Gasteiger partial charge on any atom is 0.262 e. The summed E-state index contributed by atoms with van der Waals surface area (Å²) in [6, 6.07) is 11.3. The van der Waals surface area contributed by atoms with Crippen LogP contribution < -0.4 is 4.90 Å². The third kappa shape index (κ3) is 2.38. The zero-order chi connectivity index (χ0) is 15.0. The molecule has 0 fully saturated rings. The number of Topliss-reactive ketones (excluding diaryl/α,β-unsaturated/α-hetero) is 1. The van der Waals surface area contributed by atoms with E-state index in [2.05, 4.69) is 15.9 Å². The Morgan fingerprint density at radius 1 is 1.14 bits per heavy atom. The first-order chi connectivity index (χ1) is 10.1. The van der Waals surface area contributed by atoms with Crippen LogP contribution in [0.5, 0.6) is 0 Å². The van der Waals surface area contributed by atoms with E-state index >= 15 is 0 Å². The van der Waals surface area contributed by atoms with Crippen LogP contribution in [-0.4, -0.2) is 18.2 Å². The van der Waals surface area contributed by atoms with E-state index in [0.29, 0.717) is 15.7 Å². The molecule has 0 spiro atoms. The van der Waals surface area contributed by atoms with Gasteiger partial charge in [-0.25, -0.2) is 4.39 Å². The molecule has 2 aromatic rings. The summed E-state index contributed by atoms with van der Waals surface area (Å²) in [4.78, 5) is 26.0. The molecule has 106 valence electrons. The van der Waals surface area contributed by atoms with Crippen molar-refractivity contribution in [2.24, 2.45) is 0 Å². The van der Waals surface area contributed by atoms with Crippen LogP contribution in [0.4, 0.5) is 10.1 Å². The third-order valence-electron chi connectivity index (χ3n) is 3.48. The molecule has 0 saturated heterocycles. The molecule has 0 N–H and O–H groups in total. The van der Waals surface area contributed by atoms with E-state index in [4.69, 9.17) is 0 Å². The Labute approximate surface area is 129 Å². The van der Waals surface area contributed by atoms with Gasteiger partial charge in [-0.1, -0.05) is 18.2 Å². The van der Waals surface area contributed by atoms with Crippen LogP contribution in [0.2, 0.25) is 0 Å². The van der Waals surface area contributed by atoms with Gasteiger partial charge in [-0.15, -0.1) is 0 Å². The van der Waals surface area contributed by atoms with Crippen LogP contribution in [0.1, 0.15) is 27.1 Å². The van der Waals surface area contributed by atoms with Crippen LogP contribution in [0.15, 0.2) is 46.9 Å². The molecule has 0 radical (unpaired) electrons. The lowest BCUT2D eigenvalue weighted by molar-refractivity contribution is 0.0953. The smallest absolute Gasteiger partial charge is 0.262 e. The molecule has 1 heterocycles. The van der Waals surface area contributed by atoms with Gasteiger partial charge in [0.25, 0.3) is 5.91 Å². The fraction of sp³-hybridized carbons (Fsp3) is 0.125. The second-order valence-corrected chi connectivity index (χ2v) is 5.60. The van der Waals surface area contributed by atoms with Crippen molar-refractivity contribution >= 4 is 33.3 Å². The van der Waals surface area contributed by atoms with Gasteiger partial charge in [0.15, 0.2) is 5.78 Å². The van der Waals surface area contributed by atoms with Crippen molar-refractivity contribution in [3.8, 4) is 0 Å². The van der Waals surface area contributed by atoms with E-state index < -0.39 is 11.7 Å². The molecule has 1 aliphatic heterocycles. The van der Waals surface area contributed by atoms with Gasteiger partial charge in [-0.2, -0.15) is 0 Å². The average Bonchev–Trinajstić information content (AvgIpc) is 2.47. The van der Waals surface area contributed by atoms with Gasteiger partial charge in [0.2, 0.25) is 0 Å². The fourth-order valence-electron chi connectivity index (χ4n) is 2.46. The minimum Gasteiger partial charge on any atom is -0.307 e. The molecule has 1 amide bonds. The van der Waals surface area contributed by atoms with Gasteiger partial charge in [0.1, 0.15) is 5.82 Å². The topological polar surface area (TPSA) is 37.4 Å². The lowest BCUT2D eigenvalue weighted by Gasteiger charge is -2.29. The second kappa shape index (κ2) is 5.41. The van der Waals surface area contributed by atoms with Gasteiger partial charge in [-0.05, 0) is 40.2 Å². The van der Waals surface area contributed by atoms with E-state index in [9.17, 15) is 14.0 Å². The Morgan fingerprint density at radius 2 is 1.90 bits per heavy atom. The predicted molar refractivity (Wildman–Crippen MR) is 81.2 cm³/mol. The number of para-hydroxylation sites is 1. The number of rotatable bonds is 1. The molecule has 0 bridgehead atoms. The standard InChI is InChI=1S/C16H11BrFNO2/c17-11-5-3-6-12(18)15(11)16(21)19-9-8-14(20)10-4-1-2-7-13(10)19/h1-7H,8-9H2. The molecule has 3 rings (SSSR count). The number of carbonyl (C=O) groups is 2. The number of hydrogen-bond acceptors (Lipinski definition) is 2. The summed E-state index contributed by atoms with van der Waals surface area (Å²) in [5.74, 6) is -1.02. The molecule has 0 aromatic heterocycles. The monoisotopic (exact) mass is 347 g/mol. The number of ketones is 1. The van der Waals surface area contributed by atoms with Crippen molar-refractivity contribution in [1.82, 2.24) is 0 Å². The summed E-state index contributed by atoms with van der Waals surface area (Å²) in [7, 11) is 0. The molecule has 3 nitrogen and oxygen atoms in total. The van der Waals surface area contributed by atoms with Crippen LogP contribution in [0.3, 0.4) is 0 Å². The van der Waals surface area contributed by atoms with E-state index in [1.807, 2.05) is 0 Å². The lowest BCUT2D eigenvalue weighted by atomic mass is 9.99. The Bertz CT molecular complexity index is 725. The zero-order valence-electron chi connectivity index (χ0n) is 11.0. The van der Waals surface area contributed by atoms with Gasteiger partial charge in [0.05, 0.1) is 11.3 Å². The Balaban J connectivity index is 2.08. The van der Waals surface area contributed by atoms with Crippen molar-refractivity contribution < 1.29 is 14.0 Å². The maximum absolute atomic E-state index is 14.0. The zero-order valence-corrected chi connectivity index (χ0v) is 12.6. The number of nitrogens with zero attached hydrogens (tertiary/aromatic N) is 1. The summed E-state index contributed by atoms with van der Waals surface area (Å²) in [6.07, 6.45) is 0.245. The third-order valence-corrected chi connectivity index (χ3v) is 4.14. The van der Waals surface area contributed by atoms with E-state index in [0.717, 1.165) is 0 Å².